The molecule has 23 heteroatoms. The van der Waals surface area contributed by atoms with Gasteiger partial charge in [0.1, 0.15) is 42.0 Å². The van der Waals surface area contributed by atoms with Gasteiger partial charge in [0.05, 0.1) is 12.6 Å². The maximum absolute atomic E-state index is 14.7. The van der Waals surface area contributed by atoms with E-state index in [1.165, 1.54) is 47.1 Å². The zero-order chi connectivity index (χ0) is 49.2. The minimum absolute atomic E-state index is 0.00989. The minimum atomic E-state index is -1.40. The Morgan fingerprint density at radius 2 is 1.63 bits per heavy atom. The molecule has 2 aromatic rings. The van der Waals surface area contributed by atoms with Crippen molar-refractivity contribution in [2.24, 2.45) is 22.4 Å². The van der Waals surface area contributed by atoms with Crippen molar-refractivity contribution < 1.29 is 48.6 Å². The summed E-state index contributed by atoms with van der Waals surface area (Å²) in [4.78, 5) is 117. The first kappa shape index (κ1) is 53.7. The fourth-order valence-electron chi connectivity index (χ4n) is 7.61. The van der Waals surface area contributed by atoms with Gasteiger partial charge in [-0.2, -0.15) is 11.8 Å². The summed E-state index contributed by atoms with van der Waals surface area (Å²) in [6.07, 6.45) is 1.79. The van der Waals surface area contributed by atoms with Gasteiger partial charge in [-0.15, -0.1) is 11.3 Å². The quantitative estimate of drug-likeness (QED) is 0.0628. The summed E-state index contributed by atoms with van der Waals surface area (Å²) in [5.41, 5.74) is 13.9. The van der Waals surface area contributed by atoms with E-state index in [1.807, 2.05) is 5.38 Å². The van der Waals surface area contributed by atoms with E-state index >= 15 is 0 Å². The molecule has 1 aromatic carbocycles. The van der Waals surface area contributed by atoms with Crippen molar-refractivity contribution in [3.05, 3.63) is 52.2 Å². The van der Waals surface area contributed by atoms with E-state index < -0.39 is 95.5 Å². The minimum Gasteiger partial charge on any atom is -0.508 e. The average Bonchev–Trinajstić information content (AvgIpc) is 3.99. The smallest absolute Gasteiger partial charge is 0.264 e. The number of aliphatic hydroxyl groups excluding tert-OH is 1. The van der Waals surface area contributed by atoms with Gasteiger partial charge in [0.2, 0.25) is 41.4 Å². The number of aliphatic imine (C=N–C) groups is 1. The Kier molecular flexibility index (Phi) is 21.2. The number of benzene rings is 1. The number of guanidine groups is 1. The van der Waals surface area contributed by atoms with Gasteiger partial charge < -0.3 is 53.2 Å². The highest BCUT2D eigenvalue weighted by molar-refractivity contribution is 7.99. The fraction of sp³-hybridized carbons (Fsp3) is 0.568. The number of phenolic OH excluding ortho intramolecular Hbond substituents is 1. The van der Waals surface area contributed by atoms with E-state index in [-0.39, 0.29) is 75.0 Å². The largest absolute Gasteiger partial charge is 0.508 e. The van der Waals surface area contributed by atoms with E-state index in [2.05, 4.69) is 37.0 Å². The SMILES string of the molecule is CC(=O)NN1C(=O)[C@H](C)NC(=O)[C@@H](C(C)C)NC(=O)[C@H](Cc2cccs2)NC(=O)[C@H](Cc2ccc(O)cc2)NC(=O)CCCSC[C@H]1C(=O)N1CCC[C@H]1C(=O)N[C@H](CO)CCCN=C(N)N. The van der Waals surface area contributed by atoms with Crippen molar-refractivity contribution in [1.29, 1.82) is 0 Å². The van der Waals surface area contributed by atoms with Crippen molar-refractivity contribution in [2.75, 3.05) is 31.2 Å². The van der Waals surface area contributed by atoms with Crippen molar-refractivity contribution in [2.45, 2.75) is 121 Å². The number of hydrogen-bond donors (Lipinski definition) is 10. The second kappa shape index (κ2) is 26.4. The Morgan fingerprint density at radius 1 is 0.925 bits per heavy atom. The van der Waals surface area contributed by atoms with Gasteiger partial charge in [0, 0.05) is 49.9 Å². The zero-order valence-electron chi connectivity index (χ0n) is 38.3. The van der Waals surface area contributed by atoms with Gasteiger partial charge in [0.25, 0.3) is 5.91 Å². The van der Waals surface area contributed by atoms with Gasteiger partial charge in [-0.3, -0.25) is 48.8 Å². The molecule has 67 heavy (non-hydrogen) atoms. The summed E-state index contributed by atoms with van der Waals surface area (Å²) >= 11 is 2.57. The number of amides is 8. The van der Waals surface area contributed by atoms with Crippen LogP contribution >= 0.6 is 23.1 Å². The first-order valence-corrected chi connectivity index (χ1v) is 24.4. The van der Waals surface area contributed by atoms with E-state index in [4.69, 9.17) is 11.5 Å². The highest BCUT2D eigenvalue weighted by atomic mass is 32.2. The first-order valence-electron chi connectivity index (χ1n) is 22.3. The molecule has 3 heterocycles. The molecule has 0 radical (unpaired) electrons. The van der Waals surface area contributed by atoms with Crippen LogP contribution in [0.3, 0.4) is 0 Å². The van der Waals surface area contributed by atoms with Gasteiger partial charge in [-0.25, -0.2) is 5.01 Å². The van der Waals surface area contributed by atoms with Crippen LogP contribution in [0.4, 0.5) is 0 Å². The Labute approximate surface area is 398 Å². The van der Waals surface area contributed by atoms with Crippen molar-refractivity contribution >= 4 is 76.3 Å². The Balaban J connectivity index is 1.67. The summed E-state index contributed by atoms with van der Waals surface area (Å²) in [6.45, 7) is 5.92. The molecule has 0 unspecified atom stereocenters. The molecule has 0 spiro atoms. The molecule has 1 aromatic heterocycles. The van der Waals surface area contributed by atoms with E-state index in [1.54, 1.807) is 38.1 Å². The maximum atomic E-state index is 14.7. The predicted molar refractivity (Wildman–Crippen MR) is 253 cm³/mol. The van der Waals surface area contributed by atoms with E-state index in [0.717, 1.165) is 16.8 Å². The number of nitrogens with zero attached hydrogens (tertiary/aromatic N) is 3. The van der Waals surface area contributed by atoms with Crippen LogP contribution in [-0.2, 0) is 51.2 Å². The zero-order valence-corrected chi connectivity index (χ0v) is 40.0. The number of rotatable bonds is 14. The highest BCUT2D eigenvalue weighted by Crippen LogP contribution is 2.23. The molecule has 21 nitrogen and oxygen atoms in total. The lowest BCUT2D eigenvalue weighted by atomic mass is 10.0. The molecule has 0 aliphatic carbocycles. The van der Waals surface area contributed by atoms with Crippen LogP contribution in [-0.4, -0.2) is 147 Å². The lowest BCUT2D eigenvalue weighted by Gasteiger charge is -2.36. The number of likely N-dealkylation sites (tertiary alicyclic amines) is 1. The molecular weight excluding hydrogens is 907 g/mol. The van der Waals surface area contributed by atoms with Crippen LogP contribution in [0.15, 0.2) is 46.8 Å². The summed E-state index contributed by atoms with van der Waals surface area (Å²) in [5, 5.41) is 36.4. The van der Waals surface area contributed by atoms with Crippen molar-refractivity contribution in [3.63, 3.8) is 0 Å². The molecule has 368 valence electrons. The molecule has 2 saturated heterocycles. The summed E-state index contributed by atoms with van der Waals surface area (Å²) < 4.78 is 0. The van der Waals surface area contributed by atoms with Gasteiger partial charge in [-0.1, -0.05) is 32.0 Å². The molecule has 0 bridgehead atoms. The molecule has 8 amide bonds. The fourth-order valence-corrected chi connectivity index (χ4v) is 9.39. The number of aromatic hydroxyl groups is 1. The third kappa shape index (κ3) is 16.7. The summed E-state index contributed by atoms with van der Waals surface area (Å²) in [5.74, 6) is -5.80. The predicted octanol–water partition coefficient (Wildman–Crippen LogP) is -0.849. The van der Waals surface area contributed by atoms with Gasteiger partial charge >= 0.3 is 0 Å². The second-order valence-corrected chi connectivity index (χ2v) is 19.1. The standard InChI is InChI=1S/C44H65N11O10S2/c1-25(2)37-41(63)48-26(3)42(64)55(53-27(4)57)35(43(65)54-18-6-11-34(54)40(62)49-29(23-56)9-5-17-47-44(45)46)24-66-19-8-12-36(59)50-32(21-28-13-15-30(58)16-14-28)38(60)51-33(39(61)52-37)22-31-10-7-20-67-31/h7,10,13-16,20,25-26,29,32-35,37,56,58H,5-6,8-9,11-12,17-19,21-24H2,1-4H3,(H,48,63)(H,49,62)(H,50,59)(H,51,60)(H,52,61)(H,53,57)(H4,45,46,47)/t26-,29-,32-,33-,34-,35-,37+/m0/s1. The van der Waals surface area contributed by atoms with Crippen molar-refractivity contribution in [1.82, 2.24) is 41.9 Å². The Morgan fingerprint density at radius 3 is 2.27 bits per heavy atom. The molecule has 4 rings (SSSR count). The van der Waals surface area contributed by atoms with Crippen LogP contribution < -0.4 is 43.5 Å². The normalized spacial score (nSPS) is 23.3. The summed E-state index contributed by atoms with van der Waals surface area (Å²) in [7, 11) is 0. The summed E-state index contributed by atoms with van der Waals surface area (Å²) in [6, 6.07) is 1.71. The van der Waals surface area contributed by atoms with Crippen molar-refractivity contribution in [3.8, 4) is 5.75 Å². The highest BCUT2D eigenvalue weighted by Gasteiger charge is 2.43. The topological polar surface area (TPSA) is 320 Å². The van der Waals surface area contributed by atoms with E-state index in [0.29, 0.717) is 24.8 Å². The number of hydrogen-bond acceptors (Lipinski definition) is 13. The van der Waals surface area contributed by atoms with Crippen LogP contribution in [0.2, 0.25) is 0 Å². The molecular formula is C44H65N11O10S2. The lowest BCUT2D eigenvalue weighted by molar-refractivity contribution is -0.154. The van der Waals surface area contributed by atoms with Crippen LogP contribution in [0, 0.1) is 5.92 Å². The number of thiophene rings is 1. The third-order valence-corrected chi connectivity index (χ3v) is 13.1. The molecule has 2 aliphatic heterocycles. The number of phenols is 1. The van der Waals surface area contributed by atoms with Crippen LogP contribution in [0.25, 0.3) is 0 Å². The maximum Gasteiger partial charge on any atom is 0.264 e. The number of hydrazine groups is 1. The first-order chi connectivity index (χ1) is 31.9. The molecule has 2 aliphatic rings. The van der Waals surface area contributed by atoms with Gasteiger partial charge in [0.15, 0.2) is 5.96 Å². The number of nitrogens with one attached hydrogen (secondary N) is 6. The molecule has 7 atom stereocenters. The number of thioether (sulfide) groups is 1. The third-order valence-electron chi connectivity index (χ3n) is 11.1. The van der Waals surface area contributed by atoms with Crippen LogP contribution in [0.5, 0.6) is 5.75 Å². The molecule has 12 N–H and O–H groups in total. The van der Waals surface area contributed by atoms with Gasteiger partial charge in [-0.05, 0) is 79.8 Å². The number of aliphatic hydroxyl groups is 1. The van der Waals surface area contributed by atoms with E-state index in [9.17, 15) is 48.6 Å². The number of nitrogens with two attached hydrogens (primary N) is 2. The molecule has 2 fully saturated rings. The lowest BCUT2D eigenvalue weighted by Crippen LogP contribution is -2.64. The number of carbonyl (C=O) groups is 8. The number of carbonyl (C=O) groups excluding carboxylic acids is 8. The average molecular weight is 972 g/mol. The monoisotopic (exact) mass is 971 g/mol. The Bertz CT molecular complexity index is 2050. The molecule has 0 saturated carbocycles. The Hall–Kier alpha value is -5.94. The van der Waals surface area contributed by atoms with Crippen LogP contribution in [0.1, 0.15) is 76.7 Å². The second-order valence-electron chi connectivity index (χ2n) is 16.9.